The predicted molar refractivity (Wildman–Crippen MR) is 86.4 cm³/mol. The Balaban J connectivity index is 2.27. The average Bonchev–Trinajstić information content (AvgIpc) is 2.58. The summed E-state index contributed by atoms with van der Waals surface area (Å²) in [6.45, 7) is 0.324. The molecule has 0 aliphatic rings. The van der Waals surface area contributed by atoms with E-state index in [-0.39, 0.29) is 0 Å². The van der Waals surface area contributed by atoms with Crippen LogP contribution in [0.4, 0.5) is 0 Å². The summed E-state index contributed by atoms with van der Waals surface area (Å²) in [5.74, 6) is 2.97. The Bertz CT molecular complexity index is 606. The number of hydrogen-bond acceptors (Lipinski definition) is 4. The van der Waals surface area contributed by atoms with Crippen LogP contribution in [0.5, 0.6) is 23.0 Å². The minimum atomic E-state index is 0.324. The van der Waals surface area contributed by atoms with E-state index in [0.717, 1.165) is 11.1 Å². The molecule has 2 aromatic carbocycles. The summed E-state index contributed by atoms with van der Waals surface area (Å²) >= 11 is 5.97. The normalized spacial score (nSPS) is 10.2. The molecule has 0 aliphatic carbocycles. The third-order valence-corrected chi connectivity index (χ3v) is 3.57. The van der Waals surface area contributed by atoms with Gasteiger partial charge in [0, 0.05) is 11.1 Å². The minimum Gasteiger partial charge on any atom is -0.493 e. The Kier molecular flexibility index (Phi) is 5.78. The van der Waals surface area contributed by atoms with Crippen molar-refractivity contribution in [1.29, 1.82) is 0 Å². The second-order valence-corrected chi connectivity index (χ2v) is 4.79. The topological polar surface area (TPSA) is 36.9 Å². The van der Waals surface area contributed by atoms with Gasteiger partial charge in [-0.3, -0.25) is 0 Å². The summed E-state index contributed by atoms with van der Waals surface area (Å²) < 4.78 is 22.0. The van der Waals surface area contributed by atoms with Gasteiger partial charge in [-0.1, -0.05) is 24.3 Å². The maximum absolute atomic E-state index is 5.97. The summed E-state index contributed by atoms with van der Waals surface area (Å²) in [6, 6.07) is 11.3. The number of para-hydroxylation sites is 2. The highest BCUT2D eigenvalue weighted by Crippen LogP contribution is 2.35. The summed E-state index contributed by atoms with van der Waals surface area (Å²) in [7, 11) is 4.81. The number of hydrogen-bond donors (Lipinski definition) is 0. The van der Waals surface area contributed by atoms with Gasteiger partial charge in [0.2, 0.25) is 0 Å². The van der Waals surface area contributed by atoms with E-state index in [9.17, 15) is 0 Å². The van der Waals surface area contributed by atoms with Gasteiger partial charge in [-0.15, -0.1) is 11.6 Å². The lowest BCUT2D eigenvalue weighted by Gasteiger charge is -2.16. The third kappa shape index (κ3) is 3.39. The molecule has 0 saturated heterocycles. The molecule has 0 bridgehead atoms. The van der Waals surface area contributed by atoms with Crippen LogP contribution in [0.25, 0.3) is 0 Å². The number of halogens is 1. The van der Waals surface area contributed by atoms with Crippen molar-refractivity contribution in [2.45, 2.75) is 12.5 Å². The Morgan fingerprint density at radius 1 is 0.773 bits per heavy atom. The third-order valence-electron chi connectivity index (χ3n) is 3.28. The molecule has 0 radical (unpaired) electrons. The summed E-state index contributed by atoms with van der Waals surface area (Å²) in [4.78, 5) is 0. The Morgan fingerprint density at radius 3 is 1.91 bits per heavy atom. The molecule has 0 aliphatic heterocycles. The number of rotatable bonds is 7. The van der Waals surface area contributed by atoms with Gasteiger partial charge in [-0.2, -0.15) is 0 Å². The molecule has 0 saturated carbocycles. The van der Waals surface area contributed by atoms with Crippen LogP contribution in [-0.2, 0) is 12.5 Å². The molecule has 4 nitrogen and oxygen atoms in total. The second kappa shape index (κ2) is 7.80. The van der Waals surface area contributed by atoms with E-state index < -0.39 is 0 Å². The van der Waals surface area contributed by atoms with Crippen LogP contribution in [0.15, 0.2) is 36.4 Å². The summed E-state index contributed by atoms with van der Waals surface area (Å²) in [5, 5.41) is 0. The van der Waals surface area contributed by atoms with E-state index in [1.165, 1.54) is 0 Å². The van der Waals surface area contributed by atoms with E-state index >= 15 is 0 Å². The summed E-state index contributed by atoms with van der Waals surface area (Å²) in [5.41, 5.74) is 1.76. The average molecular weight is 323 g/mol. The first-order valence-electron chi connectivity index (χ1n) is 6.79. The van der Waals surface area contributed by atoms with Crippen LogP contribution < -0.4 is 18.9 Å². The predicted octanol–water partition coefficient (Wildman–Crippen LogP) is 4.03. The lowest BCUT2D eigenvalue weighted by atomic mass is 10.2. The van der Waals surface area contributed by atoms with Crippen molar-refractivity contribution in [3.8, 4) is 23.0 Å². The summed E-state index contributed by atoms with van der Waals surface area (Å²) in [6.07, 6.45) is 0. The first-order chi connectivity index (χ1) is 10.7. The highest BCUT2D eigenvalue weighted by atomic mass is 35.5. The zero-order chi connectivity index (χ0) is 15.9. The van der Waals surface area contributed by atoms with E-state index in [4.69, 9.17) is 30.5 Å². The number of benzene rings is 2. The SMILES string of the molecule is COc1cccc(COc2c(CCl)cccc2OC)c1OC. The smallest absolute Gasteiger partial charge is 0.167 e. The van der Waals surface area contributed by atoms with Crippen molar-refractivity contribution >= 4 is 11.6 Å². The molecule has 0 N–H and O–H groups in total. The molecule has 5 heteroatoms. The maximum atomic E-state index is 5.97. The van der Waals surface area contributed by atoms with Crippen LogP contribution in [0.2, 0.25) is 0 Å². The fraction of sp³-hybridized carbons (Fsp3) is 0.294. The molecular weight excluding hydrogens is 304 g/mol. The van der Waals surface area contributed by atoms with Crippen molar-refractivity contribution in [3.05, 3.63) is 47.5 Å². The number of ether oxygens (including phenoxy) is 4. The second-order valence-electron chi connectivity index (χ2n) is 4.52. The fourth-order valence-corrected chi connectivity index (χ4v) is 2.42. The van der Waals surface area contributed by atoms with Gasteiger partial charge in [0.1, 0.15) is 6.61 Å². The first-order valence-corrected chi connectivity index (χ1v) is 7.33. The molecule has 0 unspecified atom stereocenters. The molecule has 0 heterocycles. The van der Waals surface area contributed by atoms with E-state index in [1.807, 2.05) is 36.4 Å². The van der Waals surface area contributed by atoms with Gasteiger partial charge in [0.25, 0.3) is 0 Å². The molecule has 0 atom stereocenters. The van der Waals surface area contributed by atoms with Crippen molar-refractivity contribution in [2.24, 2.45) is 0 Å². The van der Waals surface area contributed by atoms with E-state index in [1.54, 1.807) is 21.3 Å². The molecule has 0 fully saturated rings. The van der Waals surface area contributed by atoms with Crippen molar-refractivity contribution in [1.82, 2.24) is 0 Å². The van der Waals surface area contributed by atoms with E-state index in [0.29, 0.717) is 35.5 Å². The molecule has 2 rings (SSSR count). The van der Waals surface area contributed by atoms with Crippen molar-refractivity contribution in [3.63, 3.8) is 0 Å². The molecule has 0 amide bonds. The lowest BCUT2D eigenvalue weighted by Crippen LogP contribution is -2.03. The Labute approximate surface area is 135 Å². The largest absolute Gasteiger partial charge is 0.493 e. The zero-order valence-corrected chi connectivity index (χ0v) is 13.6. The van der Waals surface area contributed by atoms with Crippen LogP contribution in [0.1, 0.15) is 11.1 Å². The lowest BCUT2D eigenvalue weighted by molar-refractivity contribution is 0.272. The highest BCUT2D eigenvalue weighted by Gasteiger charge is 2.13. The monoisotopic (exact) mass is 322 g/mol. The molecule has 2 aromatic rings. The Morgan fingerprint density at radius 2 is 1.36 bits per heavy atom. The maximum Gasteiger partial charge on any atom is 0.167 e. The van der Waals surface area contributed by atoms with Gasteiger partial charge in [0.05, 0.1) is 27.2 Å². The quantitative estimate of drug-likeness (QED) is 0.721. The van der Waals surface area contributed by atoms with Gasteiger partial charge in [-0.25, -0.2) is 0 Å². The molecular formula is C17H19ClO4. The van der Waals surface area contributed by atoms with Crippen LogP contribution in [-0.4, -0.2) is 21.3 Å². The minimum absolute atomic E-state index is 0.324. The van der Waals surface area contributed by atoms with Crippen LogP contribution in [0.3, 0.4) is 0 Å². The van der Waals surface area contributed by atoms with E-state index in [2.05, 4.69) is 0 Å². The molecule has 0 aromatic heterocycles. The molecule has 118 valence electrons. The van der Waals surface area contributed by atoms with Crippen molar-refractivity contribution in [2.75, 3.05) is 21.3 Å². The van der Waals surface area contributed by atoms with Gasteiger partial charge in [-0.05, 0) is 12.1 Å². The van der Waals surface area contributed by atoms with Crippen molar-refractivity contribution < 1.29 is 18.9 Å². The zero-order valence-electron chi connectivity index (χ0n) is 12.9. The standard InChI is InChI=1S/C17H19ClO4/c1-19-14-8-5-7-13(16(14)21-3)11-22-17-12(10-18)6-4-9-15(17)20-2/h4-9H,10-11H2,1-3H3. The van der Waals surface area contributed by atoms with Crippen LogP contribution >= 0.6 is 11.6 Å². The molecule has 0 spiro atoms. The van der Waals surface area contributed by atoms with Gasteiger partial charge >= 0.3 is 0 Å². The van der Waals surface area contributed by atoms with Gasteiger partial charge in [0.15, 0.2) is 23.0 Å². The Hall–Kier alpha value is -2.07. The van der Waals surface area contributed by atoms with Crippen LogP contribution in [0, 0.1) is 0 Å². The van der Waals surface area contributed by atoms with Gasteiger partial charge < -0.3 is 18.9 Å². The number of alkyl halides is 1. The first kappa shape index (κ1) is 16.3. The highest BCUT2D eigenvalue weighted by molar-refractivity contribution is 6.17. The number of methoxy groups -OCH3 is 3. The fourth-order valence-electron chi connectivity index (χ4n) is 2.21. The molecule has 22 heavy (non-hydrogen) atoms.